The van der Waals surface area contributed by atoms with Crippen molar-refractivity contribution in [2.24, 2.45) is 0 Å². The molecule has 0 atom stereocenters. The van der Waals surface area contributed by atoms with Crippen molar-refractivity contribution in [3.8, 4) is 11.6 Å². The molecule has 20 heavy (non-hydrogen) atoms. The van der Waals surface area contributed by atoms with Crippen LogP contribution in [0.1, 0.15) is 19.0 Å². The van der Waals surface area contributed by atoms with E-state index >= 15 is 0 Å². The number of ether oxygens (including phenoxy) is 1. The molecular formula is C13H16N4O3. The largest absolute Gasteiger partial charge is 0.434 e. The Bertz CT molecular complexity index is 637. The zero-order chi connectivity index (χ0) is 14.7. The average molecular weight is 276 g/mol. The number of nitrogens with zero attached hydrogens (tertiary/aromatic N) is 3. The molecule has 2 aromatic rings. The van der Waals surface area contributed by atoms with Gasteiger partial charge in [0, 0.05) is 18.3 Å². The van der Waals surface area contributed by atoms with Gasteiger partial charge >= 0.3 is 5.69 Å². The number of hydrogen-bond donors (Lipinski definition) is 1. The molecule has 0 saturated heterocycles. The van der Waals surface area contributed by atoms with E-state index in [9.17, 15) is 10.1 Å². The molecule has 1 aromatic carbocycles. The van der Waals surface area contributed by atoms with Crippen LogP contribution in [0.25, 0.3) is 0 Å². The lowest BCUT2D eigenvalue weighted by Crippen LogP contribution is -2.03. The molecule has 0 unspecified atom stereocenters. The predicted octanol–water partition coefficient (Wildman–Crippen LogP) is 2.88. The number of nitrogens with two attached hydrogens (primary N) is 1. The number of nitro groups is 1. The van der Waals surface area contributed by atoms with Crippen LogP contribution in [0.15, 0.2) is 24.3 Å². The first-order valence-corrected chi connectivity index (χ1v) is 6.28. The van der Waals surface area contributed by atoms with Gasteiger partial charge in [-0.3, -0.25) is 10.1 Å². The topological polar surface area (TPSA) is 96.2 Å². The molecule has 0 aliphatic carbocycles. The highest BCUT2D eigenvalue weighted by molar-refractivity contribution is 5.50. The lowest BCUT2D eigenvalue weighted by atomic mass is 10.3. The second kappa shape index (κ2) is 5.60. The van der Waals surface area contributed by atoms with E-state index in [1.807, 2.05) is 6.92 Å². The van der Waals surface area contributed by atoms with Crippen molar-refractivity contribution in [1.82, 2.24) is 9.78 Å². The summed E-state index contributed by atoms with van der Waals surface area (Å²) in [5, 5.41) is 15.3. The highest BCUT2D eigenvalue weighted by Gasteiger charge is 2.27. The molecule has 0 radical (unpaired) electrons. The smallest absolute Gasteiger partial charge is 0.353 e. The van der Waals surface area contributed by atoms with Crippen LogP contribution in [0, 0.1) is 17.0 Å². The first-order valence-electron chi connectivity index (χ1n) is 6.28. The molecule has 0 saturated carbocycles. The average Bonchev–Trinajstić information content (AvgIpc) is 2.66. The maximum atomic E-state index is 11.2. The van der Waals surface area contributed by atoms with Gasteiger partial charge in [-0.1, -0.05) is 13.0 Å². The molecule has 1 heterocycles. The Morgan fingerprint density at radius 1 is 1.50 bits per heavy atom. The molecule has 2 N–H and O–H groups in total. The van der Waals surface area contributed by atoms with Gasteiger partial charge in [-0.15, -0.1) is 0 Å². The number of rotatable bonds is 5. The van der Waals surface area contributed by atoms with Crippen molar-refractivity contribution in [2.45, 2.75) is 26.8 Å². The fourth-order valence-electron chi connectivity index (χ4n) is 1.92. The third kappa shape index (κ3) is 2.71. The highest BCUT2D eigenvalue weighted by atomic mass is 16.6. The van der Waals surface area contributed by atoms with E-state index in [-0.39, 0.29) is 11.6 Å². The second-order valence-electron chi connectivity index (χ2n) is 4.39. The van der Waals surface area contributed by atoms with Gasteiger partial charge in [-0.25, -0.2) is 4.68 Å². The van der Waals surface area contributed by atoms with Crippen molar-refractivity contribution in [3.63, 3.8) is 0 Å². The van der Waals surface area contributed by atoms with Crippen LogP contribution >= 0.6 is 0 Å². The summed E-state index contributed by atoms with van der Waals surface area (Å²) in [4.78, 5) is 10.7. The number of anilines is 1. The first kappa shape index (κ1) is 13.9. The summed E-state index contributed by atoms with van der Waals surface area (Å²) in [6, 6.07) is 6.75. The fourth-order valence-corrected chi connectivity index (χ4v) is 1.92. The summed E-state index contributed by atoms with van der Waals surface area (Å²) in [6.07, 6.45) is 0.797. The standard InChI is InChI=1S/C13H16N4O3/c1-3-7-16-13(12(17(18)19)9(2)15-16)20-11-6-4-5-10(14)8-11/h4-6,8H,3,7,14H2,1-2H3. The zero-order valence-corrected chi connectivity index (χ0v) is 11.4. The summed E-state index contributed by atoms with van der Waals surface area (Å²) < 4.78 is 7.15. The van der Waals surface area contributed by atoms with Crippen molar-refractivity contribution in [2.75, 3.05) is 5.73 Å². The van der Waals surface area contributed by atoms with Crippen LogP contribution in [0.2, 0.25) is 0 Å². The van der Waals surface area contributed by atoms with Gasteiger partial charge in [0.2, 0.25) is 0 Å². The Labute approximate surface area is 116 Å². The Morgan fingerprint density at radius 3 is 2.85 bits per heavy atom. The lowest BCUT2D eigenvalue weighted by Gasteiger charge is -2.07. The van der Waals surface area contributed by atoms with E-state index in [2.05, 4.69) is 5.10 Å². The van der Waals surface area contributed by atoms with Gasteiger partial charge in [-0.2, -0.15) is 5.10 Å². The van der Waals surface area contributed by atoms with Crippen LogP contribution in [0.4, 0.5) is 11.4 Å². The molecule has 1 aromatic heterocycles. The Kier molecular flexibility index (Phi) is 3.88. The minimum Gasteiger partial charge on any atom is -0.434 e. The van der Waals surface area contributed by atoms with Crippen molar-refractivity contribution in [3.05, 3.63) is 40.1 Å². The second-order valence-corrected chi connectivity index (χ2v) is 4.39. The Hall–Kier alpha value is -2.57. The third-order valence-corrected chi connectivity index (χ3v) is 2.74. The quantitative estimate of drug-likeness (QED) is 0.514. The maximum Gasteiger partial charge on any atom is 0.353 e. The number of hydrogen-bond acceptors (Lipinski definition) is 5. The molecule has 7 heteroatoms. The molecule has 7 nitrogen and oxygen atoms in total. The molecule has 106 valence electrons. The van der Waals surface area contributed by atoms with E-state index < -0.39 is 4.92 Å². The predicted molar refractivity (Wildman–Crippen MR) is 74.8 cm³/mol. The van der Waals surface area contributed by atoms with E-state index in [4.69, 9.17) is 10.5 Å². The molecule has 0 spiro atoms. The van der Waals surface area contributed by atoms with Gasteiger partial charge in [-0.05, 0) is 25.5 Å². The normalized spacial score (nSPS) is 10.5. The summed E-state index contributed by atoms with van der Waals surface area (Å²) >= 11 is 0. The maximum absolute atomic E-state index is 11.2. The lowest BCUT2D eigenvalue weighted by molar-refractivity contribution is -0.386. The van der Waals surface area contributed by atoms with Crippen LogP contribution < -0.4 is 10.5 Å². The van der Waals surface area contributed by atoms with Gasteiger partial charge in [0.05, 0.1) is 4.92 Å². The molecular weight excluding hydrogens is 260 g/mol. The van der Waals surface area contributed by atoms with Gasteiger partial charge in [0.1, 0.15) is 11.4 Å². The monoisotopic (exact) mass is 276 g/mol. The number of aryl methyl sites for hydroxylation is 2. The minimum absolute atomic E-state index is 0.110. The van der Waals surface area contributed by atoms with Crippen LogP contribution in [-0.4, -0.2) is 14.7 Å². The summed E-state index contributed by atoms with van der Waals surface area (Å²) in [6.45, 7) is 4.11. The number of nitrogen functional groups attached to an aromatic ring is 1. The molecule has 0 aliphatic rings. The molecule has 0 aliphatic heterocycles. The molecule has 0 fully saturated rings. The Balaban J connectivity index is 2.45. The molecule has 2 rings (SSSR count). The number of benzene rings is 1. The number of aromatic nitrogens is 2. The van der Waals surface area contributed by atoms with Crippen molar-refractivity contribution < 1.29 is 9.66 Å². The minimum atomic E-state index is -0.476. The van der Waals surface area contributed by atoms with Crippen molar-refractivity contribution >= 4 is 11.4 Å². The van der Waals surface area contributed by atoms with E-state index in [1.165, 1.54) is 4.68 Å². The van der Waals surface area contributed by atoms with E-state index in [0.717, 1.165) is 6.42 Å². The van der Waals surface area contributed by atoms with E-state index in [0.29, 0.717) is 23.7 Å². The summed E-state index contributed by atoms with van der Waals surface area (Å²) in [5.41, 5.74) is 6.43. The molecule has 0 amide bonds. The summed E-state index contributed by atoms with van der Waals surface area (Å²) in [7, 11) is 0. The highest BCUT2D eigenvalue weighted by Crippen LogP contribution is 2.34. The van der Waals surface area contributed by atoms with Gasteiger partial charge < -0.3 is 10.5 Å². The SMILES string of the molecule is CCCn1nc(C)c([N+](=O)[O-])c1Oc1cccc(N)c1. The van der Waals surface area contributed by atoms with E-state index in [1.54, 1.807) is 31.2 Å². The van der Waals surface area contributed by atoms with Crippen LogP contribution in [0.5, 0.6) is 11.6 Å². The van der Waals surface area contributed by atoms with Crippen molar-refractivity contribution in [1.29, 1.82) is 0 Å². The molecule has 0 bridgehead atoms. The zero-order valence-electron chi connectivity index (χ0n) is 11.4. The summed E-state index contributed by atoms with van der Waals surface area (Å²) in [5.74, 6) is 0.588. The Morgan fingerprint density at radius 2 is 2.25 bits per heavy atom. The first-order chi connectivity index (χ1) is 9.52. The van der Waals surface area contributed by atoms with Gasteiger partial charge in [0.25, 0.3) is 5.88 Å². The van der Waals surface area contributed by atoms with Gasteiger partial charge in [0.15, 0.2) is 0 Å². The fraction of sp³-hybridized carbons (Fsp3) is 0.308. The van der Waals surface area contributed by atoms with Crippen LogP contribution in [-0.2, 0) is 6.54 Å². The third-order valence-electron chi connectivity index (χ3n) is 2.74. The van der Waals surface area contributed by atoms with Crippen LogP contribution in [0.3, 0.4) is 0 Å².